The summed E-state index contributed by atoms with van der Waals surface area (Å²) in [6.45, 7) is 4.14. The van der Waals surface area contributed by atoms with Crippen LogP contribution in [0.1, 0.15) is 25.5 Å². The summed E-state index contributed by atoms with van der Waals surface area (Å²) >= 11 is 0. The van der Waals surface area contributed by atoms with Crippen LogP contribution < -0.4 is 4.74 Å². The van der Waals surface area contributed by atoms with Crippen LogP contribution >= 0.6 is 0 Å². The van der Waals surface area contributed by atoms with Gasteiger partial charge in [0.1, 0.15) is 5.75 Å². The second-order valence-corrected chi connectivity index (χ2v) is 4.33. The fraction of sp³-hybridized carbons (Fsp3) is 0.286. The van der Waals surface area contributed by atoms with Gasteiger partial charge < -0.3 is 4.74 Å². The Morgan fingerprint density at radius 1 is 1.39 bits per heavy atom. The first-order chi connectivity index (χ1) is 8.65. The molecule has 0 amide bonds. The molecule has 0 saturated heterocycles. The Morgan fingerprint density at radius 3 is 2.72 bits per heavy atom. The lowest BCUT2D eigenvalue weighted by molar-refractivity contribution is 0.416. The van der Waals surface area contributed by atoms with Crippen LogP contribution in [-0.4, -0.2) is 16.9 Å². The number of methoxy groups -OCH3 is 1. The molecule has 0 spiro atoms. The lowest BCUT2D eigenvalue weighted by Crippen LogP contribution is -1.99. The first kappa shape index (κ1) is 12.2. The van der Waals surface area contributed by atoms with Crippen molar-refractivity contribution in [3.8, 4) is 22.9 Å². The fourth-order valence-corrected chi connectivity index (χ4v) is 1.76. The molecule has 18 heavy (non-hydrogen) atoms. The molecule has 0 aliphatic carbocycles. The summed E-state index contributed by atoms with van der Waals surface area (Å²) in [6.07, 6.45) is 3.75. The third kappa shape index (κ3) is 2.21. The Bertz CT molecular complexity index is 593. The molecule has 2 aromatic rings. The fourth-order valence-electron chi connectivity index (χ4n) is 1.76. The van der Waals surface area contributed by atoms with Gasteiger partial charge in [0.15, 0.2) is 0 Å². The van der Waals surface area contributed by atoms with Crippen molar-refractivity contribution < 1.29 is 4.74 Å². The predicted molar refractivity (Wildman–Crippen MR) is 69.3 cm³/mol. The molecule has 4 nitrogen and oxygen atoms in total. The number of ether oxygens (including phenoxy) is 1. The Balaban J connectivity index is 2.51. The van der Waals surface area contributed by atoms with Crippen LogP contribution in [0.25, 0.3) is 11.1 Å². The highest BCUT2D eigenvalue weighted by Crippen LogP contribution is 2.30. The zero-order valence-electron chi connectivity index (χ0n) is 10.7. The quantitative estimate of drug-likeness (QED) is 0.830. The first-order valence-electron chi connectivity index (χ1n) is 5.78. The van der Waals surface area contributed by atoms with Gasteiger partial charge in [0.25, 0.3) is 0 Å². The number of benzene rings is 1. The van der Waals surface area contributed by atoms with E-state index in [1.807, 2.05) is 16.9 Å². The van der Waals surface area contributed by atoms with Crippen LogP contribution in [0.4, 0.5) is 0 Å². The summed E-state index contributed by atoms with van der Waals surface area (Å²) in [5.74, 6) is 0.748. The van der Waals surface area contributed by atoms with Crippen LogP contribution in [0.5, 0.6) is 5.75 Å². The van der Waals surface area contributed by atoms with Gasteiger partial charge in [-0.15, -0.1) is 0 Å². The lowest BCUT2D eigenvalue weighted by atomic mass is 10.1. The lowest BCUT2D eigenvalue weighted by Gasteiger charge is -2.07. The minimum Gasteiger partial charge on any atom is -0.496 e. The van der Waals surface area contributed by atoms with Crippen molar-refractivity contribution in [2.75, 3.05) is 7.11 Å². The van der Waals surface area contributed by atoms with E-state index in [0.717, 1.165) is 16.9 Å². The van der Waals surface area contributed by atoms with E-state index in [1.165, 1.54) is 0 Å². The van der Waals surface area contributed by atoms with Crippen molar-refractivity contribution in [1.82, 2.24) is 9.78 Å². The molecule has 1 aromatic carbocycles. The van der Waals surface area contributed by atoms with Gasteiger partial charge in [-0.1, -0.05) is 0 Å². The molecule has 0 N–H and O–H groups in total. The van der Waals surface area contributed by atoms with E-state index in [4.69, 9.17) is 10.00 Å². The van der Waals surface area contributed by atoms with E-state index in [0.29, 0.717) is 11.6 Å². The van der Waals surface area contributed by atoms with Gasteiger partial charge in [0.2, 0.25) is 0 Å². The number of nitrogens with zero attached hydrogens (tertiary/aromatic N) is 3. The second-order valence-electron chi connectivity index (χ2n) is 4.33. The van der Waals surface area contributed by atoms with Gasteiger partial charge in [-0.05, 0) is 32.0 Å². The molecule has 0 unspecified atom stereocenters. The van der Waals surface area contributed by atoms with E-state index in [1.54, 1.807) is 25.4 Å². The van der Waals surface area contributed by atoms with Crippen molar-refractivity contribution in [1.29, 1.82) is 5.26 Å². The Labute approximate surface area is 106 Å². The predicted octanol–water partition coefficient (Wildman–Crippen LogP) is 3.01. The number of rotatable bonds is 3. The summed E-state index contributed by atoms with van der Waals surface area (Å²) < 4.78 is 7.21. The van der Waals surface area contributed by atoms with Crippen LogP contribution in [0.15, 0.2) is 30.6 Å². The number of aromatic nitrogens is 2. The molecule has 0 atom stereocenters. The first-order valence-corrected chi connectivity index (χ1v) is 5.78. The molecule has 1 heterocycles. The summed E-state index contributed by atoms with van der Waals surface area (Å²) in [4.78, 5) is 0. The highest BCUT2D eigenvalue weighted by Gasteiger charge is 2.10. The minimum absolute atomic E-state index is 0.309. The zero-order chi connectivity index (χ0) is 13.1. The minimum atomic E-state index is 0.309. The van der Waals surface area contributed by atoms with Gasteiger partial charge in [0, 0.05) is 23.4 Å². The van der Waals surface area contributed by atoms with Gasteiger partial charge in [-0.2, -0.15) is 10.4 Å². The Kier molecular flexibility index (Phi) is 3.33. The van der Waals surface area contributed by atoms with E-state index in [9.17, 15) is 0 Å². The maximum Gasteiger partial charge on any atom is 0.126 e. The Hall–Kier alpha value is -2.28. The third-order valence-electron chi connectivity index (χ3n) is 2.77. The van der Waals surface area contributed by atoms with Crippen LogP contribution in [0, 0.1) is 11.3 Å². The molecule has 0 radical (unpaired) electrons. The topological polar surface area (TPSA) is 50.8 Å². The molecular weight excluding hydrogens is 226 g/mol. The second kappa shape index (κ2) is 4.92. The highest BCUT2D eigenvalue weighted by molar-refractivity contribution is 5.71. The molecule has 1 aromatic heterocycles. The average Bonchev–Trinajstić information content (AvgIpc) is 2.87. The molecule has 0 aliphatic rings. The SMILES string of the molecule is COc1ccc(C#N)cc1-c1cnn(C(C)C)c1. The zero-order valence-corrected chi connectivity index (χ0v) is 10.7. The number of hydrogen-bond acceptors (Lipinski definition) is 3. The summed E-state index contributed by atoms with van der Waals surface area (Å²) in [7, 11) is 1.62. The molecular formula is C14H15N3O. The summed E-state index contributed by atoms with van der Waals surface area (Å²) in [5, 5.41) is 13.3. The summed E-state index contributed by atoms with van der Waals surface area (Å²) in [5.41, 5.74) is 2.46. The normalized spacial score (nSPS) is 10.4. The van der Waals surface area contributed by atoms with Crippen molar-refractivity contribution >= 4 is 0 Å². The molecule has 92 valence electrons. The van der Waals surface area contributed by atoms with Crippen LogP contribution in [0.2, 0.25) is 0 Å². The van der Waals surface area contributed by atoms with Crippen molar-refractivity contribution in [2.45, 2.75) is 19.9 Å². The van der Waals surface area contributed by atoms with Crippen molar-refractivity contribution in [3.05, 3.63) is 36.2 Å². The average molecular weight is 241 g/mol. The molecule has 0 aliphatic heterocycles. The highest BCUT2D eigenvalue weighted by atomic mass is 16.5. The van der Waals surface area contributed by atoms with E-state index >= 15 is 0 Å². The number of hydrogen-bond donors (Lipinski definition) is 0. The number of nitriles is 1. The smallest absolute Gasteiger partial charge is 0.126 e. The van der Waals surface area contributed by atoms with E-state index in [2.05, 4.69) is 25.0 Å². The van der Waals surface area contributed by atoms with Crippen LogP contribution in [0.3, 0.4) is 0 Å². The maximum absolute atomic E-state index is 8.95. The van der Waals surface area contributed by atoms with Crippen LogP contribution in [-0.2, 0) is 0 Å². The van der Waals surface area contributed by atoms with E-state index < -0.39 is 0 Å². The standard InChI is InChI=1S/C14H15N3O/c1-10(2)17-9-12(8-16-17)13-6-11(7-15)4-5-14(13)18-3/h4-6,8-10H,1-3H3. The van der Waals surface area contributed by atoms with Gasteiger partial charge >= 0.3 is 0 Å². The van der Waals surface area contributed by atoms with Crippen molar-refractivity contribution in [3.63, 3.8) is 0 Å². The van der Waals surface area contributed by atoms with Gasteiger partial charge in [-0.3, -0.25) is 4.68 Å². The van der Waals surface area contributed by atoms with Gasteiger partial charge in [0.05, 0.1) is 24.9 Å². The largest absolute Gasteiger partial charge is 0.496 e. The van der Waals surface area contributed by atoms with E-state index in [-0.39, 0.29) is 0 Å². The Morgan fingerprint density at radius 2 is 2.17 bits per heavy atom. The monoisotopic (exact) mass is 241 g/mol. The van der Waals surface area contributed by atoms with Gasteiger partial charge in [-0.25, -0.2) is 0 Å². The molecule has 0 bridgehead atoms. The third-order valence-corrected chi connectivity index (χ3v) is 2.77. The molecule has 2 rings (SSSR count). The maximum atomic E-state index is 8.95. The molecule has 0 saturated carbocycles. The van der Waals surface area contributed by atoms with Crippen molar-refractivity contribution in [2.24, 2.45) is 0 Å². The molecule has 4 heteroatoms. The summed E-state index contributed by atoms with van der Waals surface area (Å²) in [6, 6.07) is 7.82. The molecule has 0 fully saturated rings.